The van der Waals surface area contributed by atoms with Crippen LogP contribution in [0.3, 0.4) is 0 Å². The molecule has 1 atom stereocenters. The summed E-state index contributed by atoms with van der Waals surface area (Å²) in [5, 5.41) is 0. The molecule has 0 saturated carbocycles. The molecule has 0 radical (unpaired) electrons. The van der Waals surface area contributed by atoms with Crippen molar-refractivity contribution in [1.29, 1.82) is 0 Å². The molecular weight excluding hydrogens is 212 g/mol. The van der Waals surface area contributed by atoms with Gasteiger partial charge in [0.1, 0.15) is 11.9 Å². The van der Waals surface area contributed by atoms with Gasteiger partial charge >= 0.3 is 0 Å². The minimum absolute atomic E-state index is 0.0849. The number of hydrogen-bond donors (Lipinski definition) is 0. The van der Waals surface area contributed by atoms with Crippen LogP contribution in [0, 0.1) is 0 Å². The third-order valence-electron chi connectivity index (χ3n) is 3.21. The monoisotopic (exact) mass is 236 g/mol. The lowest BCUT2D eigenvalue weighted by atomic mass is 9.95. The zero-order chi connectivity index (χ0) is 12.6. The molecule has 0 spiro atoms. The lowest BCUT2D eigenvalue weighted by Crippen LogP contribution is -2.31. The zero-order valence-electron chi connectivity index (χ0n) is 11.3. The van der Waals surface area contributed by atoms with Gasteiger partial charge in [0.05, 0.1) is 12.4 Å². The van der Waals surface area contributed by atoms with Gasteiger partial charge < -0.3 is 4.74 Å². The molecule has 0 amide bonds. The molecule has 1 heterocycles. The van der Waals surface area contributed by atoms with Crippen LogP contribution >= 0.6 is 0 Å². The summed E-state index contributed by atoms with van der Waals surface area (Å²) >= 11 is 0. The number of rotatable bonds is 8. The van der Waals surface area contributed by atoms with E-state index in [9.17, 15) is 0 Å². The molecule has 0 fully saturated rings. The maximum absolute atomic E-state index is 6.01. The first kappa shape index (κ1) is 13.9. The first-order chi connectivity index (χ1) is 8.20. The Labute approximate surface area is 105 Å². The highest BCUT2D eigenvalue weighted by Gasteiger charge is 2.23. The van der Waals surface area contributed by atoms with Crippen molar-refractivity contribution >= 4 is 0 Å². The topological polar surface area (TPSA) is 35.0 Å². The van der Waals surface area contributed by atoms with Crippen molar-refractivity contribution in [2.45, 2.75) is 64.9 Å². The Kier molecular flexibility index (Phi) is 5.95. The zero-order valence-corrected chi connectivity index (χ0v) is 11.3. The van der Waals surface area contributed by atoms with Gasteiger partial charge in [-0.1, -0.05) is 33.1 Å². The van der Waals surface area contributed by atoms with E-state index in [1.165, 1.54) is 32.0 Å². The SMILES string of the molecule is CCCCCCC(C)(CC)Oc1cncnc1. The number of unbranched alkanes of at least 4 members (excludes halogenated alkanes) is 3. The number of aromatic nitrogens is 2. The minimum Gasteiger partial charge on any atom is -0.484 e. The third kappa shape index (κ3) is 5.16. The largest absolute Gasteiger partial charge is 0.484 e. The van der Waals surface area contributed by atoms with Crippen LogP contribution in [0.15, 0.2) is 18.7 Å². The Balaban J connectivity index is 2.45. The quantitative estimate of drug-likeness (QED) is 0.640. The van der Waals surface area contributed by atoms with Crippen LogP contribution in [0.25, 0.3) is 0 Å². The van der Waals surface area contributed by atoms with Crippen molar-refractivity contribution in [3.63, 3.8) is 0 Å². The van der Waals surface area contributed by atoms with Gasteiger partial charge in [-0.2, -0.15) is 0 Å². The van der Waals surface area contributed by atoms with Crippen molar-refractivity contribution in [2.75, 3.05) is 0 Å². The standard InChI is InChI=1S/C14H24N2O/c1-4-6-7-8-9-14(3,5-2)17-13-10-15-12-16-11-13/h10-12H,4-9H2,1-3H3. The summed E-state index contributed by atoms with van der Waals surface area (Å²) in [5.41, 5.74) is -0.0849. The molecule has 0 N–H and O–H groups in total. The maximum Gasteiger partial charge on any atom is 0.156 e. The van der Waals surface area contributed by atoms with Crippen LogP contribution in [0.4, 0.5) is 0 Å². The van der Waals surface area contributed by atoms with Crippen LogP contribution < -0.4 is 4.74 Å². The van der Waals surface area contributed by atoms with E-state index in [0.717, 1.165) is 18.6 Å². The van der Waals surface area contributed by atoms with E-state index in [-0.39, 0.29) is 5.60 Å². The van der Waals surface area contributed by atoms with Crippen LogP contribution in [-0.2, 0) is 0 Å². The highest BCUT2D eigenvalue weighted by Crippen LogP contribution is 2.25. The Morgan fingerprint density at radius 2 is 1.82 bits per heavy atom. The van der Waals surface area contributed by atoms with Gasteiger partial charge in [0.15, 0.2) is 5.75 Å². The summed E-state index contributed by atoms with van der Waals surface area (Å²) in [4.78, 5) is 7.95. The van der Waals surface area contributed by atoms with Gasteiger partial charge in [-0.05, 0) is 26.2 Å². The van der Waals surface area contributed by atoms with Gasteiger partial charge in [-0.3, -0.25) is 0 Å². The smallest absolute Gasteiger partial charge is 0.156 e. The molecule has 1 rings (SSSR count). The molecule has 17 heavy (non-hydrogen) atoms. The van der Waals surface area contributed by atoms with Gasteiger partial charge in [0.2, 0.25) is 0 Å². The lowest BCUT2D eigenvalue weighted by molar-refractivity contribution is 0.0709. The van der Waals surface area contributed by atoms with Crippen molar-refractivity contribution in [2.24, 2.45) is 0 Å². The fourth-order valence-corrected chi connectivity index (χ4v) is 1.85. The van der Waals surface area contributed by atoms with Crippen molar-refractivity contribution in [3.05, 3.63) is 18.7 Å². The van der Waals surface area contributed by atoms with E-state index in [1.807, 2.05) is 0 Å². The molecule has 0 aliphatic rings. The summed E-state index contributed by atoms with van der Waals surface area (Å²) in [6, 6.07) is 0. The van der Waals surface area contributed by atoms with E-state index in [0.29, 0.717) is 0 Å². The summed E-state index contributed by atoms with van der Waals surface area (Å²) in [6.07, 6.45) is 12.2. The van der Waals surface area contributed by atoms with Crippen LogP contribution in [0.1, 0.15) is 59.3 Å². The van der Waals surface area contributed by atoms with Crippen molar-refractivity contribution in [1.82, 2.24) is 9.97 Å². The molecular formula is C14H24N2O. The fraction of sp³-hybridized carbons (Fsp3) is 0.714. The first-order valence-electron chi connectivity index (χ1n) is 6.64. The van der Waals surface area contributed by atoms with E-state index in [2.05, 4.69) is 30.7 Å². The van der Waals surface area contributed by atoms with E-state index < -0.39 is 0 Å². The predicted octanol–water partition coefficient (Wildman–Crippen LogP) is 3.99. The Hall–Kier alpha value is -1.12. The fourth-order valence-electron chi connectivity index (χ4n) is 1.85. The Morgan fingerprint density at radius 3 is 2.41 bits per heavy atom. The van der Waals surface area contributed by atoms with E-state index in [4.69, 9.17) is 4.74 Å². The number of hydrogen-bond acceptors (Lipinski definition) is 3. The molecule has 1 unspecified atom stereocenters. The molecule has 3 nitrogen and oxygen atoms in total. The van der Waals surface area contributed by atoms with Gasteiger partial charge in [-0.15, -0.1) is 0 Å². The van der Waals surface area contributed by atoms with Gasteiger partial charge in [0, 0.05) is 0 Å². The van der Waals surface area contributed by atoms with Crippen molar-refractivity contribution in [3.8, 4) is 5.75 Å². The molecule has 3 heteroatoms. The predicted molar refractivity (Wildman–Crippen MR) is 70.1 cm³/mol. The molecule has 1 aromatic rings. The van der Waals surface area contributed by atoms with Crippen LogP contribution in [0.5, 0.6) is 5.75 Å². The van der Waals surface area contributed by atoms with Crippen LogP contribution in [0.2, 0.25) is 0 Å². The summed E-state index contributed by atoms with van der Waals surface area (Å²) in [5.74, 6) is 0.771. The second kappa shape index (κ2) is 7.25. The average molecular weight is 236 g/mol. The average Bonchev–Trinajstić information content (AvgIpc) is 2.36. The van der Waals surface area contributed by atoms with Crippen molar-refractivity contribution < 1.29 is 4.74 Å². The molecule has 0 aliphatic carbocycles. The second-order valence-corrected chi connectivity index (χ2v) is 4.79. The van der Waals surface area contributed by atoms with Gasteiger partial charge in [-0.25, -0.2) is 9.97 Å². The molecule has 0 saturated heterocycles. The minimum atomic E-state index is -0.0849. The molecule has 0 aliphatic heterocycles. The third-order valence-corrected chi connectivity index (χ3v) is 3.21. The molecule has 0 bridgehead atoms. The Bertz CT molecular complexity index is 302. The Morgan fingerprint density at radius 1 is 1.12 bits per heavy atom. The van der Waals surface area contributed by atoms with Crippen LogP contribution in [-0.4, -0.2) is 15.6 Å². The number of ether oxygens (including phenoxy) is 1. The highest BCUT2D eigenvalue weighted by atomic mass is 16.5. The lowest BCUT2D eigenvalue weighted by Gasteiger charge is -2.29. The summed E-state index contributed by atoms with van der Waals surface area (Å²) in [7, 11) is 0. The molecule has 96 valence electrons. The van der Waals surface area contributed by atoms with Gasteiger partial charge in [0.25, 0.3) is 0 Å². The summed E-state index contributed by atoms with van der Waals surface area (Å²) in [6.45, 7) is 6.58. The highest BCUT2D eigenvalue weighted by molar-refractivity contribution is 5.11. The van der Waals surface area contributed by atoms with E-state index >= 15 is 0 Å². The molecule has 1 aromatic heterocycles. The van der Waals surface area contributed by atoms with E-state index in [1.54, 1.807) is 12.4 Å². The summed E-state index contributed by atoms with van der Waals surface area (Å²) < 4.78 is 6.01. The first-order valence-corrected chi connectivity index (χ1v) is 6.64. The maximum atomic E-state index is 6.01. The number of nitrogens with zero attached hydrogens (tertiary/aromatic N) is 2. The molecule has 0 aromatic carbocycles. The second-order valence-electron chi connectivity index (χ2n) is 4.79. The normalized spacial score (nSPS) is 14.3.